The standard InChI is InChI=1S/C12H22N2O2/c1-13-4-5-16-11(6-13)7-14-8-12(15,9-14)10-2-3-10/h10-11,15H,2-9H2,1H3. The van der Waals surface area contributed by atoms with E-state index in [1.807, 2.05) is 0 Å². The van der Waals surface area contributed by atoms with E-state index in [1.165, 1.54) is 12.8 Å². The third-order valence-electron chi connectivity index (χ3n) is 4.14. The van der Waals surface area contributed by atoms with E-state index in [1.54, 1.807) is 0 Å². The summed E-state index contributed by atoms with van der Waals surface area (Å²) in [6.45, 7) is 5.63. The minimum absolute atomic E-state index is 0.336. The van der Waals surface area contributed by atoms with Gasteiger partial charge in [-0.3, -0.25) is 4.90 Å². The van der Waals surface area contributed by atoms with E-state index in [4.69, 9.17) is 4.74 Å². The first-order valence-corrected chi connectivity index (χ1v) is 6.41. The molecular weight excluding hydrogens is 204 g/mol. The Labute approximate surface area is 97.2 Å². The van der Waals surface area contributed by atoms with Gasteiger partial charge in [-0.15, -0.1) is 0 Å². The van der Waals surface area contributed by atoms with E-state index in [0.29, 0.717) is 12.0 Å². The number of rotatable bonds is 3. The van der Waals surface area contributed by atoms with E-state index in [0.717, 1.165) is 39.3 Å². The summed E-state index contributed by atoms with van der Waals surface area (Å²) in [4.78, 5) is 4.66. The molecule has 3 fully saturated rings. The van der Waals surface area contributed by atoms with Crippen LogP contribution in [0.2, 0.25) is 0 Å². The number of aliphatic hydroxyl groups is 1. The van der Waals surface area contributed by atoms with Gasteiger partial charge in [-0.1, -0.05) is 0 Å². The van der Waals surface area contributed by atoms with Crippen LogP contribution in [0.15, 0.2) is 0 Å². The molecule has 0 amide bonds. The molecule has 1 saturated carbocycles. The van der Waals surface area contributed by atoms with Crippen molar-refractivity contribution in [3.63, 3.8) is 0 Å². The minimum atomic E-state index is -0.347. The summed E-state index contributed by atoms with van der Waals surface area (Å²) >= 11 is 0. The van der Waals surface area contributed by atoms with E-state index >= 15 is 0 Å². The highest BCUT2D eigenvalue weighted by molar-refractivity contribution is 5.05. The molecule has 0 aromatic heterocycles. The van der Waals surface area contributed by atoms with Gasteiger partial charge in [0.05, 0.1) is 18.3 Å². The summed E-state index contributed by atoms with van der Waals surface area (Å²) in [6.07, 6.45) is 2.79. The molecule has 3 rings (SSSR count). The van der Waals surface area contributed by atoms with Gasteiger partial charge in [-0.05, 0) is 25.8 Å². The largest absolute Gasteiger partial charge is 0.387 e. The van der Waals surface area contributed by atoms with Gasteiger partial charge in [0.2, 0.25) is 0 Å². The first-order chi connectivity index (χ1) is 7.66. The van der Waals surface area contributed by atoms with Crippen LogP contribution in [0.4, 0.5) is 0 Å². The summed E-state index contributed by atoms with van der Waals surface area (Å²) in [5.74, 6) is 0.596. The number of hydrogen-bond donors (Lipinski definition) is 1. The van der Waals surface area contributed by atoms with Crippen molar-refractivity contribution in [1.82, 2.24) is 9.80 Å². The molecule has 0 bridgehead atoms. The molecule has 1 unspecified atom stereocenters. The molecule has 4 nitrogen and oxygen atoms in total. The Morgan fingerprint density at radius 2 is 2.12 bits per heavy atom. The molecular formula is C12H22N2O2. The van der Waals surface area contributed by atoms with Crippen LogP contribution in [0.25, 0.3) is 0 Å². The van der Waals surface area contributed by atoms with Crippen molar-refractivity contribution in [3.05, 3.63) is 0 Å². The highest BCUT2D eigenvalue weighted by atomic mass is 16.5. The number of likely N-dealkylation sites (tertiary alicyclic amines) is 1. The van der Waals surface area contributed by atoms with Crippen molar-refractivity contribution in [2.45, 2.75) is 24.5 Å². The lowest BCUT2D eigenvalue weighted by Gasteiger charge is -2.48. The fourth-order valence-electron chi connectivity index (χ4n) is 3.00. The number of morpholine rings is 1. The Hall–Kier alpha value is -0.160. The lowest BCUT2D eigenvalue weighted by atomic mass is 9.88. The number of likely N-dealkylation sites (N-methyl/N-ethyl adjacent to an activating group) is 1. The van der Waals surface area contributed by atoms with Gasteiger partial charge in [0, 0.05) is 32.7 Å². The summed E-state index contributed by atoms with van der Waals surface area (Å²) < 4.78 is 5.73. The Balaban J connectivity index is 1.43. The van der Waals surface area contributed by atoms with Crippen LogP contribution in [0.3, 0.4) is 0 Å². The maximum absolute atomic E-state index is 10.2. The average molecular weight is 226 g/mol. The van der Waals surface area contributed by atoms with Crippen LogP contribution < -0.4 is 0 Å². The van der Waals surface area contributed by atoms with Crippen molar-refractivity contribution in [2.24, 2.45) is 5.92 Å². The molecule has 2 saturated heterocycles. The predicted octanol–water partition coefficient (Wildman–Crippen LogP) is -0.226. The van der Waals surface area contributed by atoms with Crippen LogP contribution in [-0.2, 0) is 4.74 Å². The Morgan fingerprint density at radius 3 is 2.75 bits per heavy atom. The lowest BCUT2D eigenvalue weighted by Crippen LogP contribution is -2.65. The van der Waals surface area contributed by atoms with Crippen LogP contribution >= 0.6 is 0 Å². The van der Waals surface area contributed by atoms with E-state index in [9.17, 15) is 5.11 Å². The molecule has 4 heteroatoms. The summed E-state index contributed by atoms with van der Waals surface area (Å²) in [5, 5.41) is 10.2. The Morgan fingerprint density at radius 1 is 1.38 bits per heavy atom. The summed E-state index contributed by atoms with van der Waals surface area (Å²) in [7, 11) is 2.15. The van der Waals surface area contributed by atoms with Gasteiger partial charge >= 0.3 is 0 Å². The molecule has 0 radical (unpaired) electrons. The van der Waals surface area contributed by atoms with Gasteiger partial charge in [0.25, 0.3) is 0 Å². The first kappa shape index (κ1) is 11.0. The smallest absolute Gasteiger partial charge is 0.0928 e. The highest BCUT2D eigenvalue weighted by Gasteiger charge is 2.51. The third kappa shape index (κ3) is 2.12. The second kappa shape index (κ2) is 3.95. The Kier molecular flexibility index (Phi) is 2.70. The number of nitrogens with zero attached hydrogens (tertiary/aromatic N) is 2. The molecule has 0 aromatic carbocycles. The summed E-state index contributed by atoms with van der Waals surface area (Å²) in [6, 6.07) is 0. The maximum Gasteiger partial charge on any atom is 0.0928 e. The topological polar surface area (TPSA) is 35.9 Å². The van der Waals surface area contributed by atoms with Crippen molar-refractivity contribution in [2.75, 3.05) is 46.4 Å². The fourth-order valence-corrected chi connectivity index (χ4v) is 3.00. The molecule has 1 N–H and O–H groups in total. The zero-order valence-corrected chi connectivity index (χ0v) is 10.1. The van der Waals surface area contributed by atoms with Gasteiger partial charge in [0.1, 0.15) is 0 Å². The van der Waals surface area contributed by atoms with Crippen LogP contribution in [0.5, 0.6) is 0 Å². The lowest BCUT2D eigenvalue weighted by molar-refractivity contribution is -0.134. The average Bonchev–Trinajstić information content (AvgIpc) is 2.98. The zero-order chi connectivity index (χ0) is 11.2. The van der Waals surface area contributed by atoms with Crippen LogP contribution in [0, 0.1) is 5.92 Å². The molecule has 1 aliphatic carbocycles. The molecule has 0 spiro atoms. The molecule has 3 aliphatic rings. The second-order valence-electron chi connectivity index (χ2n) is 5.80. The first-order valence-electron chi connectivity index (χ1n) is 6.41. The van der Waals surface area contributed by atoms with Crippen LogP contribution in [-0.4, -0.2) is 73.0 Å². The molecule has 2 aliphatic heterocycles. The molecule has 1 atom stereocenters. The van der Waals surface area contributed by atoms with Gasteiger partial charge in [-0.25, -0.2) is 0 Å². The maximum atomic E-state index is 10.2. The van der Waals surface area contributed by atoms with E-state index in [2.05, 4.69) is 16.8 Å². The van der Waals surface area contributed by atoms with Crippen molar-refractivity contribution in [3.8, 4) is 0 Å². The summed E-state index contributed by atoms with van der Waals surface area (Å²) in [5.41, 5.74) is -0.347. The molecule has 0 aromatic rings. The molecule has 2 heterocycles. The molecule has 92 valence electrons. The van der Waals surface area contributed by atoms with E-state index < -0.39 is 0 Å². The van der Waals surface area contributed by atoms with Crippen molar-refractivity contribution < 1.29 is 9.84 Å². The number of β-amino-alcohol motifs (C(OH)–C–C–N with tert-alkyl or cyclic N) is 1. The van der Waals surface area contributed by atoms with Crippen molar-refractivity contribution >= 4 is 0 Å². The normalized spacial score (nSPS) is 36.0. The number of hydrogen-bond acceptors (Lipinski definition) is 4. The number of ether oxygens (including phenoxy) is 1. The minimum Gasteiger partial charge on any atom is -0.387 e. The Bertz CT molecular complexity index is 262. The molecule has 16 heavy (non-hydrogen) atoms. The highest BCUT2D eigenvalue weighted by Crippen LogP contribution is 2.44. The predicted molar refractivity (Wildman–Crippen MR) is 61.4 cm³/mol. The fraction of sp³-hybridized carbons (Fsp3) is 1.00. The third-order valence-corrected chi connectivity index (χ3v) is 4.14. The van der Waals surface area contributed by atoms with Gasteiger partial charge < -0.3 is 14.7 Å². The monoisotopic (exact) mass is 226 g/mol. The van der Waals surface area contributed by atoms with Gasteiger partial charge in [-0.2, -0.15) is 0 Å². The van der Waals surface area contributed by atoms with Crippen LogP contribution in [0.1, 0.15) is 12.8 Å². The zero-order valence-electron chi connectivity index (χ0n) is 10.1. The van der Waals surface area contributed by atoms with Gasteiger partial charge in [0.15, 0.2) is 0 Å². The van der Waals surface area contributed by atoms with Crippen molar-refractivity contribution in [1.29, 1.82) is 0 Å². The van der Waals surface area contributed by atoms with E-state index in [-0.39, 0.29) is 5.60 Å². The quantitative estimate of drug-likeness (QED) is 0.721. The second-order valence-corrected chi connectivity index (χ2v) is 5.80. The SMILES string of the molecule is CN1CCOC(CN2CC(O)(C3CC3)C2)C1.